The van der Waals surface area contributed by atoms with Gasteiger partial charge in [-0.15, -0.1) is 0 Å². The zero-order chi connectivity index (χ0) is 21.6. The fraction of sp³-hybridized carbons (Fsp3) is 0.529. The van der Waals surface area contributed by atoms with Gasteiger partial charge in [-0.25, -0.2) is 12.8 Å². The van der Waals surface area contributed by atoms with E-state index in [0.717, 1.165) is 35.6 Å². The number of benzene rings is 1. The van der Waals surface area contributed by atoms with Crippen LogP contribution in [0, 0.1) is 11.7 Å². The van der Waals surface area contributed by atoms with E-state index in [9.17, 15) is 30.8 Å². The van der Waals surface area contributed by atoms with Gasteiger partial charge in [0.25, 0.3) is 5.91 Å². The molecule has 0 aromatic heterocycles. The Kier molecular flexibility index (Phi) is 5.60. The first-order chi connectivity index (χ1) is 13.5. The van der Waals surface area contributed by atoms with Crippen LogP contribution >= 0.6 is 0 Å². The quantitative estimate of drug-likeness (QED) is 0.339. The second kappa shape index (κ2) is 7.56. The van der Waals surface area contributed by atoms with Crippen LogP contribution < -0.4 is 5.43 Å². The van der Waals surface area contributed by atoms with Gasteiger partial charge in [0.1, 0.15) is 11.9 Å². The molecule has 1 saturated carbocycles. The van der Waals surface area contributed by atoms with E-state index in [-0.39, 0.29) is 17.4 Å². The molecule has 12 heteroatoms. The number of hydrazine groups is 1. The number of nitrogens with zero attached hydrogens (tertiary/aromatic N) is 3. The number of amidine groups is 1. The van der Waals surface area contributed by atoms with Crippen molar-refractivity contribution in [2.45, 2.75) is 42.9 Å². The number of hydrogen-bond donors (Lipinski definition) is 1. The van der Waals surface area contributed by atoms with Gasteiger partial charge in [-0.05, 0) is 49.9 Å². The van der Waals surface area contributed by atoms with E-state index in [4.69, 9.17) is 0 Å². The van der Waals surface area contributed by atoms with Crippen LogP contribution in [-0.4, -0.2) is 61.3 Å². The maximum atomic E-state index is 13.1. The lowest BCUT2D eigenvalue weighted by Crippen LogP contribution is -2.55. The van der Waals surface area contributed by atoms with Crippen molar-refractivity contribution in [1.82, 2.24) is 14.7 Å². The second-order valence-electron chi connectivity index (χ2n) is 6.95. The molecule has 1 aromatic rings. The summed E-state index contributed by atoms with van der Waals surface area (Å²) in [5.41, 5.74) is 2.11. The summed E-state index contributed by atoms with van der Waals surface area (Å²) in [5, 5.41) is 0.463. The van der Waals surface area contributed by atoms with E-state index in [1.807, 2.05) is 0 Å². The number of carbonyl (C=O) groups is 1. The summed E-state index contributed by atoms with van der Waals surface area (Å²) in [5.74, 6) is -3.05. The Morgan fingerprint density at radius 3 is 2.38 bits per heavy atom. The zero-order valence-corrected chi connectivity index (χ0v) is 16.5. The predicted octanol–water partition coefficient (Wildman–Crippen LogP) is 1.92. The van der Waals surface area contributed by atoms with Crippen LogP contribution in [0.25, 0.3) is 0 Å². The molecule has 4 rings (SSSR count). The molecule has 1 aliphatic carbocycles. The van der Waals surface area contributed by atoms with Crippen molar-refractivity contribution < 1.29 is 30.8 Å². The highest BCUT2D eigenvalue weighted by molar-refractivity contribution is 7.89. The minimum absolute atomic E-state index is 0.145. The second-order valence-corrected chi connectivity index (χ2v) is 8.79. The Balaban J connectivity index is 1.83. The van der Waals surface area contributed by atoms with E-state index in [1.54, 1.807) is 0 Å². The third kappa shape index (κ3) is 3.95. The molecule has 0 radical (unpaired) electrons. The maximum Gasteiger partial charge on any atom is 0.450 e. The van der Waals surface area contributed by atoms with Crippen LogP contribution in [0.2, 0.25) is 0 Å². The fourth-order valence-electron chi connectivity index (χ4n) is 3.75. The molecule has 2 heterocycles. The number of amides is 1. The molecular formula is C17H20F4N4O3S. The van der Waals surface area contributed by atoms with E-state index in [2.05, 4.69) is 10.4 Å². The summed E-state index contributed by atoms with van der Waals surface area (Å²) in [7, 11) is -3.12. The first-order valence-corrected chi connectivity index (χ1v) is 10.4. The van der Waals surface area contributed by atoms with Crippen molar-refractivity contribution in [3.05, 3.63) is 30.1 Å². The smallest absolute Gasteiger partial charge is 0.271 e. The molecule has 1 aromatic carbocycles. The van der Waals surface area contributed by atoms with Crippen molar-refractivity contribution in [2.24, 2.45) is 10.9 Å². The van der Waals surface area contributed by atoms with Gasteiger partial charge in [0, 0.05) is 19.6 Å². The highest BCUT2D eigenvalue weighted by atomic mass is 32.2. The number of sulfonamides is 1. The van der Waals surface area contributed by atoms with Gasteiger partial charge in [0.15, 0.2) is 0 Å². The number of halogens is 4. The van der Waals surface area contributed by atoms with Gasteiger partial charge in [0.05, 0.1) is 4.90 Å². The summed E-state index contributed by atoms with van der Waals surface area (Å²) in [4.78, 5) is 15.9. The van der Waals surface area contributed by atoms with Gasteiger partial charge < -0.3 is 0 Å². The Morgan fingerprint density at radius 1 is 1.28 bits per heavy atom. The molecule has 0 spiro atoms. The molecule has 2 aliphatic heterocycles. The number of aliphatic imine (C=N–C) groups is 1. The molecule has 1 amide bonds. The third-order valence-electron chi connectivity index (χ3n) is 5.04. The number of rotatable bonds is 4. The summed E-state index contributed by atoms with van der Waals surface area (Å²) in [6.07, 6.45) is -3.90. The standard InChI is InChI=1S/C17H20F4N4O3S/c1-3-22-16(17(19,20)21)24(2)23-15(26)14-10-8-12(9-10)25(14)29(27,28)13-6-4-11(18)5-7-13/h4-7,10,12,14H,3,8-9H2,1-2H3,(H,23,26)/t10?,12?,14-/m0/s1. The minimum Gasteiger partial charge on any atom is -0.271 e. The van der Waals surface area contributed by atoms with Gasteiger partial charge in [-0.3, -0.25) is 20.2 Å². The lowest BCUT2D eigenvalue weighted by Gasteiger charge is -2.28. The Labute approximate surface area is 165 Å². The van der Waals surface area contributed by atoms with Crippen LogP contribution in [-0.2, 0) is 14.8 Å². The minimum atomic E-state index is -4.78. The van der Waals surface area contributed by atoms with Crippen LogP contribution in [0.1, 0.15) is 19.8 Å². The number of alkyl halides is 3. The summed E-state index contributed by atoms with van der Waals surface area (Å²) in [6.45, 7) is 1.28. The van der Waals surface area contributed by atoms with Crippen molar-refractivity contribution in [3.63, 3.8) is 0 Å². The largest absolute Gasteiger partial charge is 0.450 e. The first kappa shape index (κ1) is 21.5. The van der Waals surface area contributed by atoms with Gasteiger partial charge in [-0.2, -0.15) is 17.5 Å². The first-order valence-electron chi connectivity index (χ1n) is 8.91. The third-order valence-corrected chi connectivity index (χ3v) is 6.99. The molecule has 3 aliphatic rings. The molecule has 2 bridgehead atoms. The van der Waals surface area contributed by atoms with Crippen molar-refractivity contribution in [3.8, 4) is 0 Å². The van der Waals surface area contributed by atoms with Crippen molar-refractivity contribution in [1.29, 1.82) is 0 Å². The summed E-state index contributed by atoms with van der Waals surface area (Å²) in [6, 6.07) is 2.62. The lowest BCUT2D eigenvalue weighted by molar-refractivity contribution is -0.128. The molecule has 0 unspecified atom stereocenters. The molecule has 7 nitrogen and oxygen atoms in total. The summed E-state index contributed by atoms with van der Waals surface area (Å²) >= 11 is 0. The lowest BCUT2D eigenvalue weighted by atomic mass is 9.83. The Morgan fingerprint density at radius 2 is 1.86 bits per heavy atom. The SMILES string of the molecule is CCN=C(N(C)NC(=O)[C@@H]1C2CC(C2)N1S(=O)(=O)c1ccc(F)cc1)C(F)(F)F. The highest BCUT2D eigenvalue weighted by Crippen LogP contribution is 2.48. The molecule has 29 heavy (non-hydrogen) atoms. The number of nitrogens with one attached hydrogen (secondary N) is 1. The van der Waals surface area contributed by atoms with Gasteiger partial charge in [-0.1, -0.05) is 0 Å². The van der Waals surface area contributed by atoms with Crippen LogP contribution in [0.15, 0.2) is 34.2 Å². The van der Waals surface area contributed by atoms with Gasteiger partial charge in [0.2, 0.25) is 15.9 Å². The molecule has 1 atom stereocenters. The average Bonchev–Trinajstić information content (AvgIpc) is 3.15. The number of fused-ring (bicyclic) bond motifs is 1. The van der Waals surface area contributed by atoms with Crippen LogP contribution in [0.5, 0.6) is 0 Å². The fourth-order valence-corrected chi connectivity index (χ4v) is 5.61. The van der Waals surface area contributed by atoms with Crippen LogP contribution in [0.3, 0.4) is 0 Å². The normalized spacial score (nSPS) is 24.9. The van der Waals surface area contributed by atoms with E-state index in [0.29, 0.717) is 17.9 Å². The molecule has 1 N–H and O–H groups in total. The van der Waals surface area contributed by atoms with E-state index >= 15 is 0 Å². The molecular weight excluding hydrogens is 416 g/mol. The maximum absolute atomic E-state index is 13.1. The Bertz CT molecular complexity index is 912. The predicted molar refractivity (Wildman–Crippen MR) is 95.7 cm³/mol. The Hall–Kier alpha value is -2.21. The number of hydrogen-bond acceptors (Lipinski definition) is 4. The highest BCUT2D eigenvalue weighted by Gasteiger charge is 2.59. The van der Waals surface area contributed by atoms with Gasteiger partial charge >= 0.3 is 6.18 Å². The van der Waals surface area contributed by atoms with Crippen molar-refractivity contribution in [2.75, 3.05) is 13.6 Å². The average molecular weight is 436 g/mol. The van der Waals surface area contributed by atoms with Crippen LogP contribution in [0.4, 0.5) is 17.6 Å². The van der Waals surface area contributed by atoms with E-state index in [1.165, 1.54) is 6.92 Å². The van der Waals surface area contributed by atoms with E-state index < -0.39 is 45.8 Å². The topological polar surface area (TPSA) is 82.1 Å². The molecule has 2 saturated heterocycles. The number of carbonyl (C=O) groups excluding carboxylic acids is 1. The summed E-state index contributed by atoms with van der Waals surface area (Å²) < 4.78 is 79.5. The molecule has 3 fully saturated rings. The molecule has 160 valence electrons. The zero-order valence-electron chi connectivity index (χ0n) is 15.6. The monoisotopic (exact) mass is 436 g/mol. The van der Waals surface area contributed by atoms with Crippen molar-refractivity contribution >= 4 is 21.8 Å².